The summed E-state index contributed by atoms with van der Waals surface area (Å²) in [5, 5.41) is 8.60. The highest BCUT2D eigenvalue weighted by Crippen LogP contribution is 2.01. The first kappa shape index (κ1) is 10.7. The summed E-state index contributed by atoms with van der Waals surface area (Å²) >= 11 is 0. The van der Waals surface area contributed by atoms with Gasteiger partial charge in [0.2, 0.25) is 0 Å². The third-order valence-electron chi connectivity index (χ3n) is 2.27. The van der Waals surface area contributed by atoms with Gasteiger partial charge in [0.25, 0.3) is 0 Å². The maximum absolute atomic E-state index is 10.4. The van der Waals surface area contributed by atoms with Crippen LogP contribution in [0.4, 0.5) is 0 Å². The van der Waals surface area contributed by atoms with E-state index >= 15 is 0 Å². The molecule has 1 aromatic heterocycles. The highest BCUT2D eigenvalue weighted by atomic mass is 16.4. The van der Waals surface area contributed by atoms with Gasteiger partial charge in [-0.15, -0.1) is 0 Å². The molecule has 0 fully saturated rings. The van der Waals surface area contributed by atoms with Crippen molar-refractivity contribution in [2.75, 3.05) is 0 Å². The standard InChI is InChI=1S/C11H15NO2/c1-8-6-9(2)12(10(3)7-8)5-4-11(13)14/h6-7H,4-5H2,1-3H3/p+1. The lowest BCUT2D eigenvalue weighted by molar-refractivity contribution is -0.707. The molecule has 0 saturated heterocycles. The second-order valence-electron chi connectivity index (χ2n) is 3.61. The lowest BCUT2D eigenvalue weighted by Crippen LogP contribution is -2.41. The number of hydrogen-bond donors (Lipinski definition) is 1. The van der Waals surface area contributed by atoms with Crippen LogP contribution in [0.5, 0.6) is 0 Å². The van der Waals surface area contributed by atoms with Crippen molar-refractivity contribution in [3.8, 4) is 0 Å². The molecule has 76 valence electrons. The molecule has 0 unspecified atom stereocenters. The number of carboxylic acids is 1. The number of hydrogen-bond acceptors (Lipinski definition) is 1. The van der Waals surface area contributed by atoms with E-state index in [0.717, 1.165) is 11.4 Å². The molecule has 1 rings (SSSR count). The summed E-state index contributed by atoms with van der Waals surface area (Å²) in [7, 11) is 0. The van der Waals surface area contributed by atoms with Gasteiger partial charge in [0, 0.05) is 26.0 Å². The Morgan fingerprint density at radius 3 is 2.21 bits per heavy atom. The minimum Gasteiger partial charge on any atom is -0.481 e. The Morgan fingerprint density at radius 2 is 1.79 bits per heavy atom. The highest BCUT2D eigenvalue weighted by Gasteiger charge is 2.12. The van der Waals surface area contributed by atoms with Crippen molar-refractivity contribution in [3.63, 3.8) is 0 Å². The quantitative estimate of drug-likeness (QED) is 0.738. The van der Waals surface area contributed by atoms with E-state index in [1.165, 1.54) is 5.56 Å². The van der Waals surface area contributed by atoms with Gasteiger partial charge in [0.05, 0.1) is 0 Å². The van der Waals surface area contributed by atoms with Gasteiger partial charge in [-0.05, 0) is 12.5 Å². The van der Waals surface area contributed by atoms with E-state index in [-0.39, 0.29) is 6.42 Å². The molecule has 1 heterocycles. The smallest absolute Gasteiger partial charge is 0.309 e. The van der Waals surface area contributed by atoms with Crippen LogP contribution in [0.3, 0.4) is 0 Å². The van der Waals surface area contributed by atoms with Gasteiger partial charge in [-0.2, -0.15) is 4.57 Å². The number of aliphatic carboxylic acids is 1. The minimum atomic E-state index is -0.753. The molecule has 1 N–H and O–H groups in total. The molecule has 0 aliphatic rings. The number of aromatic nitrogens is 1. The van der Waals surface area contributed by atoms with E-state index in [2.05, 4.69) is 12.1 Å². The van der Waals surface area contributed by atoms with E-state index in [1.807, 2.05) is 25.3 Å². The Kier molecular flexibility index (Phi) is 3.23. The van der Waals surface area contributed by atoms with Gasteiger partial charge < -0.3 is 5.11 Å². The average molecular weight is 194 g/mol. The number of nitrogens with zero attached hydrogens (tertiary/aromatic N) is 1. The summed E-state index contributed by atoms with van der Waals surface area (Å²) in [6, 6.07) is 4.13. The molecular weight excluding hydrogens is 178 g/mol. The first-order valence-electron chi connectivity index (χ1n) is 4.70. The second-order valence-corrected chi connectivity index (χ2v) is 3.61. The maximum Gasteiger partial charge on any atom is 0.309 e. The van der Waals surface area contributed by atoms with Gasteiger partial charge in [-0.1, -0.05) is 0 Å². The van der Waals surface area contributed by atoms with E-state index in [1.54, 1.807) is 0 Å². The van der Waals surface area contributed by atoms with E-state index in [0.29, 0.717) is 6.54 Å². The molecule has 3 nitrogen and oxygen atoms in total. The molecule has 0 aliphatic heterocycles. The highest BCUT2D eigenvalue weighted by molar-refractivity contribution is 5.66. The Balaban J connectivity index is 2.91. The summed E-state index contributed by atoms with van der Waals surface area (Å²) in [5.41, 5.74) is 3.44. The molecule has 0 amide bonds. The fourth-order valence-electron chi connectivity index (χ4n) is 1.69. The average Bonchev–Trinajstić information content (AvgIpc) is 2.01. The van der Waals surface area contributed by atoms with Crippen molar-refractivity contribution in [3.05, 3.63) is 29.1 Å². The zero-order valence-electron chi connectivity index (χ0n) is 8.87. The Morgan fingerprint density at radius 1 is 1.29 bits per heavy atom. The fourth-order valence-corrected chi connectivity index (χ4v) is 1.69. The third-order valence-corrected chi connectivity index (χ3v) is 2.27. The van der Waals surface area contributed by atoms with Crippen LogP contribution in [0, 0.1) is 20.8 Å². The van der Waals surface area contributed by atoms with Crippen LogP contribution in [-0.2, 0) is 11.3 Å². The van der Waals surface area contributed by atoms with Gasteiger partial charge >= 0.3 is 5.97 Å². The SMILES string of the molecule is Cc1cc(C)[n+](CCC(=O)O)c(C)c1. The summed E-state index contributed by atoms with van der Waals surface area (Å²) in [6.45, 7) is 6.60. The predicted octanol–water partition coefficient (Wildman–Crippen LogP) is 1.37. The zero-order chi connectivity index (χ0) is 10.7. The van der Waals surface area contributed by atoms with Crippen molar-refractivity contribution in [2.45, 2.75) is 33.7 Å². The van der Waals surface area contributed by atoms with Crippen molar-refractivity contribution in [1.82, 2.24) is 0 Å². The number of carboxylic acid groups (broad SMARTS) is 1. The lowest BCUT2D eigenvalue weighted by atomic mass is 10.2. The second kappa shape index (κ2) is 4.22. The van der Waals surface area contributed by atoms with Gasteiger partial charge in [0.15, 0.2) is 17.9 Å². The van der Waals surface area contributed by atoms with Crippen LogP contribution in [0.2, 0.25) is 0 Å². The molecule has 0 bridgehead atoms. The fraction of sp³-hybridized carbons (Fsp3) is 0.455. The van der Waals surface area contributed by atoms with E-state index in [9.17, 15) is 4.79 Å². The van der Waals surface area contributed by atoms with Crippen LogP contribution in [-0.4, -0.2) is 11.1 Å². The molecule has 1 aromatic rings. The predicted molar refractivity (Wildman–Crippen MR) is 53.1 cm³/mol. The van der Waals surface area contributed by atoms with Gasteiger partial charge in [-0.25, -0.2) is 0 Å². The van der Waals surface area contributed by atoms with Gasteiger partial charge in [0.1, 0.15) is 6.42 Å². The molecular formula is C11H16NO2+. The third kappa shape index (κ3) is 2.55. The molecule has 14 heavy (non-hydrogen) atoms. The molecule has 0 saturated carbocycles. The normalized spacial score (nSPS) is 10.2. The van der Waals surface area contributed by atoms with Crippen molar-refractivity contribution in [2.24, 2.45) is 0 Å². The lowest BCUT2D eigenvalue weighted by Gasteiger charge is -2.03. The first-order valence-corrected chi connectivity index (χ1v) is 4.70. The summed E-state index contributed by atoms with van der Waals surface area (Å²) in [5.74, 6) is -0.753. The molecule has 0 aliphatic carbocycles. The number of pyridine rings is 1. The number of carbonyl (C=O) groups is 1. The van der Waals surface area contributed by atoms with Gasteiger partial charge in [-0.3, -0.25) is 4.79 Å². The van der Waals surface area contributed by atoms with Crippen LogP contribution in [0.15, 0.2) is 12.1 Å². The van der Waals surface area contributed by atoms with Crippen molar-refractivity contribution < 1.29 is 14.5 Å². The topological polar surface area (TPSA) is 41.2 Å². The Bertz CT molecular complexity index is 335. The van der Waals surface area contributed by atoms with Crippen molar-refractivity contribution >= 4 is 5.97 Å². The summed E-state index contributed by atoms with van der Waals surface area (Å²) in [6.07, 6.45) is 0.176. The molecule has 0 radical (unpaired) electrons. The van der Waals surface area contributed by atoms with E-state index in [4.69, 9.17) is 5.11 Å². The number of aryl methyl sites for hydroxylation is 3. The van der Waals surface area contributed by atoms with E-state index < -0.39 is 5.97 Å². The van der Waals surface area contributed by atoms with Crippen LogP contribution >= 0.6 is 0 Å². The van der Waals surface area contributed by atoms with Crippen LogP contribution in [0.25, 0.3) is 0 Å². The van der Waals surface area contributed by atoms with Crippen LogP contribution < -0.4 is 4.57 Å². The Hall–Kier alpha value is -1.38. The molecule has 3 heteroatoms. The molecule has 0 spiro atoms. The van der Waals surface area contributed by atoms with Crippen LogP contribution in [0.1, 0.15) is 23.4 Å². The minimum absolute atomic E-state index is 0.176. The zero-order valence-corrected chi connectivity index (χ0v) is 8.87. The largest absolute Gasteiger partial charge is 0.481 e. The summed E-state index contributed by atoms with van der Waals surface area (Å²) in [4.78, 5) is 10.4. The molecule has 0 aromatic carbocycles. The Labute approximate surface area is 84.0 Å². The van der Waals surface area contributed by atoms with Crippen molar-refractivity contribution in [1.29, 1.82) is 0 Å². The first-order chi connectivity index (χ1) is 6.50. The maximum atomic E-state index is 10.4. The molecule has 0 atom stereocenters. The monoisotopic (exact) mass is 194 g/mol. The summed E-state index contributed by atoms with van der Waals surface area (Å²) < 4.78 is 2.03. The number of rotatable bonds is 3.